The normalized spacial score (nSPS) is 15.8. The topological polar surface area (TPSA) is 70.6 Å². The quantitative estimate of drug-likeness (QED) is 0.639. The SMILES string of the molecule is CCN(Cc1ccncc1)C(=O)CCC1CCN(S(=O)(=O)c2ccccc2F)CC1. The fraction of sp³-hybridized carbons (Fsp3) is 0.455. The summed E-state index contributed by atoms with van der Waals surface area (Å²) in [4.78, 5) is 18.2. The lowest BCUT2D eigenvalue weighted by Gasteiger charge is -2.31. The zero-order valence-corrected chi connectivity index (χ0v) is 18.0. The number of amides is 1. The van der Waals surface area contributed by atoms with E-state index in [1.165, 1.54) is 22.5 Å². The van der Waals surface area contributed by atoms with Gasteiger partial charge in [-0.1, -0.05) is 12.1 Å². The molecule has 0 unspecified atom stereocenters. The van der Waals surface area contributed by atoms with E-state index in [9.17, 15) is 17.6 Å². The number of hydrogen-bond donors (Lipinski definition) is 0. The minimum atomic E-state index is -3.82. The molecule has 30 heavy (non-hydrogen) atoms. The molecule has 6 nitrogen and oxygen atoms in total. The van der Waals surface area contributed by atoms with E-state index >= 15 is 0 Å². The van der Waals surface area contributed by atoms with Gasteiger partial charge in [0.25, 0.3) is 0 Å². The number of nitrogens with zero attached hydrogens (tertiary/aromatic N) is 3. The standard InChI is InChI=1S/C22H28FN3O3S/c1-2-25(17-19-9-13-24-14-10-19)22(27)8-7-18-11-15-26(16-12-18)30(28,29)21-6-4-3-5-20(21)23/h3-6,9-10,13-14,18H,2,7-8,11-12,15-17H2,1H3. The predicted molar refractivity (Wildman–Crippen MR) is 112 cm³/mol. The molecule has 2 heterocycles. The molecule has 0 bridgehead atoms. The van der Waals surface area contributed by atoms with E-state index in [0.717, 1.165) is 18.1 Å². The lowest BCUT2D eigenvalue weighted by atomic mass is 9.93. The summed E-state index contributed by atoms with van der Waals surface area (Å²) in [6, 6.07) is 9.28. The van der Waals surface area contributed by atoms with Crippen molar-refractivity contribution in [1.82, 2.24) is 14.2 Å². The zero-order valence-electron chi connectivity index (χ0n) is 17.2. The molecule has 0 spiro atoms. The number of carbonyl (C=O) groups is 1. The van der Waals surface area contributed by atoms with Gasteiger partial charge in [-0.3, -0.25) is 9.78 Å². The second kappa shape index (κ2) is 10.1. The molecule has 1 aromatic carbocycles. The van der Waals surface area contributed by atoms with Crippen LogP contribution in [0.1, 0.15) is 38.2 Å². The summed E-state index contributed by atoms with van der Waals surface area (Å²) in [5.41, 5.74) is 1.05. The molecule has 1 fully saturated rings. The Morgan fingerprint density at radius 1 is 1.17 bits per heavy atom. The van der Waals surface area contributed by atoms with Crippen LogP contribution in [0, 0.1) is 11.7 Å². The van der Waals surface area contributed by atoms with Crippen LogP contribution in [0.15, 0.2) is 53.7 Å². The molecule has 1 aliphatic rings. The molecule has 0 saturated carbocycles. The Balaban J connectivity index is 1.50. The van der Waals surface area contributed by atoms with Gasteiger partial charge in [-0.05, 0) is 61.9 Å². The van der Waals surface area contributed by atoms with E-state index in [1.54, 1.807) is 12.4 Å². The molecule has 0 aliphatic carbocycles. The highest BCUT2D eigenvalue weighted by molar-refractivity contribution is 7.89. The second-order valence-electron chi connectivity index (χ2n) is 7.58. The van der Waals surface area contributed by atoms with Gasteiger partial charge in [0, 0.05) is 45.0 Å². The van der Waals surface area contributed by atoms with Crippen molar-refractivity contribution in [3.8, 4) is 0 Å². The Hall–Kier alpha value is -2.32. The summed E-state index contributed by atoms with van der Waals surface area (Å²) >= 11 is 0. The van der Waals surface area contributed by atoms with Gasteiger partial charge < -0.3 is 4.90 Å². The molecule has 0 radical (unpaired) electrons. The summed E-state index contributed by atoms with van der Waals surface area (Å²) in [5, 5.41) is 0. The Bertz CT molecular complexity index is 945. The fourth-order valence-electron chi connectivity index (χ4n) is 3.80. The van der Waals surface area contributed by atoms with Crippen molar-refractivity contribution >= 4 is 15.9 Å². The van der Waals surface area contributed by atoms with Crippen LogP contribution < -0.4 is 0 Å². The van der Waals surface area contributed by atoms with E-state index in [2.05, 4.69) is 4.98 Å². The molecular weight excluding hydrogens is 405 g/mol. The van der Waals surface area contributed by atoms with Gasteiger partial charge in [0.2, 0.25) is 15.9 Å². The number of piperidine rings is 1. The molecule has 1 amide bonds. The fourth-order valence-corrected chi connectivity index (χ4v) is 5.34. The number of halogens is 1. The Labute approximate surface area is 177 Å². The van der Waals surface area contributed by atoms with Crippen molar-refractivity contribution in [2.75, 3.05) is 19.6 Å². The van der Waals surface area contributed by atoms with Crippen molar-refractivity contribution in [3.05, 3.63) is 60.2 Å². The van der Waals surface area contributed by atoms with Crippen LogP contribution in [0.5, 0.6) is 0 Å². The smallest absolute Gasteiger partial charge is 0.245 e. The maximum Gasteiger partial charge on any atom is 0.245 e. The number of aromatic nitrogens is 1. The van der Waals surface area contributed by atoms with E-state index in [1.807, 2.05) is 24.0 Å². The van der Waals surface area contributed by atoms with Gasteiger partial charge in [-0.25, -0.2) is 12.8 Å². The average molecular weight is 434 g/mol. The zero-order chi connectivity index (χ0) is 21.6. The highest BCUT2D eigenvalue weighted by Gasteiger charge is 2.31. The molecule has 1 aromatic heterocycles. The van der Waals surface area contributed by atoms with Gasteiger partial charge >= 0.3 is 0 Å². The maximum atomic E-state index is 13.9. The van der Waals surface area contributed by atoms with E-state index in [4.69, 9.17) is 0 Å². The first-order chi connectivity index (χ1) is 14.4. The van der Waals surface area contributed by atoms with Gasteiger partial charge in [0.05, 0.1) is 0 Å². The third kappa shape index (κ3) is 5.43. The number of pyridine rings is 1. The molecule has 8 heteroatoms. The number of hydrogen-bond acceptors (Lipinski definition) is 4. The maximum absolute atomic E-state index is 13.9. The van der Waals surface area contributed by atoms with Crippen molar-refractivity contribution in [1.29, 1.82) is 0 Å². The number of benzene rings is 1. The molecule has 1 aliphatic heterocycles. The van der Waals surface area contributed by atoms with Crippen LogP contribution in [0.25, 0.3) is 0 Å². The summed E-state index contributed by atoms with van der Waals surface area (Å²) in [7, 11) is -3.82. The highest BCUT2D eigenvalue weighted by atomic mass is 32.2. The third-order valence-electron chi connectivity index (χ3n) is 5.65. The van der Waals surface area contributed by atoms with Crippen LogP contribution in [-0.2, 0) is 21.4 Å². The number of rotatable bonds is 8. The summed E-state index contributed by atoms with van der Waals surface area (Å²) in [6.07, 6.45) is 5.98. The first kappa shape index (κ1) is 22.4. The molecule has 1 saturated heterocycles. The highest BCUT2D eigenvalue weighted by Crippen LogP contribution is 2.27. The predicted octanol–water partition coefficient (Wildman–Crippen LogP) is 3.45. The minimum Gasteiger partial charge on any atom is -0.339 e. The monoisotopic (exact) mass is 433 g/mol. The molecular formula is C22H28FN3O3S. The van der Waals surface area contributed by atoms with Crippen molar-refractivity contribution in [2.24, 2.45) is 5.92 Å². The number of carbonyl (C=O) groups excluding carboxylic acids is 1. The van der Waals surface area contributed by atoms with Crippen LogP contribution in [0.2, 0.25) is 0 Å². The van der Waals surface area contributed by atoms with Gasteiger partial charge in [0.1, 0.15) is 10.7 Å². The molecule has 162 valence electrons. The first-order valence-corrected chi connectivity index (χ1v) is 11.8. The molecule has 3 rings (SSSR count). The second-order valence-corrected chi connectivity index (χ2v) is 9.49. The van der Waals surface area contributed by atoms with Gasteiger partial charge in [-0.2, -0.15) is 4.31 Å². The lowest BCUT2D eigenvalue weighted by Crippen LogP contribution is -2.39. The molecule has 2 aromatic rings. The summed E-state index contributed by atoms with van der Waals surface area (Å²) in [5.74, 6) is -0.324. The van der Waals surface area contributed by atoms with Crippen LogP contribution in [0.4, 0.5) is 4.39 Å². The van der Waals surface area contributed by atoms with Crippen molar-refractivity contribution < 1.29 is 17.6 Å². The van der Waals surface area contributed by atoms with Crippen LogP contribution in [-0.4, -0.2) is 48.1 Å². The summed E-state index contributed by atoms with van der Waals surface area (Å²) < 4.78 is 40.7. The Morgan fingerprint density at radius 2 is 1.83 bits per heavy atom. The van der Waals surface area contributed by atoms with Gasteiger partial charge in [-0.15, -0.1) is 0 Å². The van der Waals surface area contributed by atoms with Crippen molar-refractivity contribution in [3.63, 3.8) is 0 Å². The van der Waals surface area contributed by atoms with Gasteiger partial charge in [0.15, 0.2) is 0 Å². The van der Waals surface area contributed by atoms with Crippen molar-refractivity contribution in [2.45, 2.75) is 44.0 Å². The Kier molecular flexibility index (Phi) is 7.55. The van der Waals surface area contributed by atoms with Crippen LogP contribution >= 0.6 is 0 Å². The first-order valence-electron chi connectivity index (χ1n) is 10.3. The lowest BCUT2D eigenvalue weighted by molar-refractivity contribution is -0.132. The molecule has 0 N–H and O–H groups in total. The minimum absolute atomic E-state index is 0.107. The van der Waals surface area contributed by atoms with E-state index < -0.39 is 15.8 Å². The average Bonchev–Trinajstić information content (AvgIpc) is 2.77. The van der Waals surface area contributed by atoms with E-state index in [0.29, 0.717) is 51.4 Å². The Morgan fingerprint density at radius 3 is 2.47 bits per heavy atom. The molecule has 0 atom stereocenters. The number of sulfonamides is 1. The van der Waals surface area contributed by atoms with Crippen LogP contribution in [0.3, 0.4) is 0 Å². The largest absolute Gasteiger partial charge is 0.339 e. The third-order valence-corrected chi connectivity index (χ3v) is 7.58. The summed E-state index contributed by atoms with van der Waals surface area (Å²) in [6.45, 7) is 3.87. The van der Waals surface area contributed by atoms with E-state index in [-0.39, 0.29) is 10.8 Å².